The van der Waals surface area contributed by atoms with E-state index < -0.39 is 5.97 Å². The largest absolute Gasteiger partial charge is 0.494 e. The van der Waals surface area contributed by atoms with E-state index >= 15 is 0 Å². The maximum absolute atomic E-state index is 10.9. The number of carboxylic acid groups (broad SMARTS) is 1. The fourth-order valence-electron chi connectivity index (χ4n) is 6.59. The molecule has 0 aliphatic heterocycles. The summed E-state index contributed by atoms with van der Waals surface area (Å²) in [5.41, 5.74) is 5.22. The van der Waals surface area contributed by atoms with Crippen LogP contribution in [0.25, 0.3) is 22.3 Å². The molecule has 0 aromatic heterocycles. The van der Waals surface area contributed by atoms with Gasteiger partial charge in [0.1, 0.15) is 11.5 Å². The molecule has 0 unspecified atom stereocenters. The number of carbonyl (C=O) groups excluding carboxylic acids is 1. The molecule has 0 heterocycles. The molecule has 0 fully saturated rings. The summed E-state index contributed by atoms with van der Waals surface area (Å²) in [6.45, 7) is 9.02. The molecule has 312 valence electrons. The van der Waals surface area contributed by atoms with E-state index in [2.05, 4.69) is 98.1 Å². The smallest absolute Gasteiger partial charge is 0.330 e. The van der Waals surface area contributed by atoms with E-state index in [9.17, 15) is 9.59 Å². The first-order valence-electron chi connectivity index (χ1n) is 21.7. The third-order valence-electron chi connectivity index (χ3n) is 10.1. The van der Waals surface area contributed by atoms with Crippen LogP contribution in [0.1, 0.15) is 122 Å². The van der Waals surface area contributed by atoms with Crippen molar-refractivity contribution in [2.24, 2.45) is 0 Å². The molecule has 4 rings (SSSR count). The van der Waals surface area contributed by atoms with E-state index in [0.717, 1.165) is 63.2 Å². The Bertz CT molecular complexity index is 1660. The van der Waals surface area contributed by atoms with Crippen molar-refractivity contribution in [3.8, 4) is 33.8 Å². The van der Waals surface area contributed by atoms with Crippen molar-refractivity contribution >= 4 is 11.9 Å². The van der Waals surface area contributed by atoms with Gasteiger partial charge in [-0.1, -0.05) is 188 Å². The van der Waals surface area contributed by atoms with Crippen molar-refractivity contribution in [1.82, 2.24) is 0 Å². The van der Waals surface area contributed by atoms with Crippen LogP contribution in [0.3, 0.4) is 0 Å². The van der Waals surface area contributed by atoms with Crippen LogP contribution >= 0.6 is 0 Å². The molecule has 0 radical (unpaired) electrons. The minimum atomic E-state index is -0.863. The van der Waals surface area contributed by atoms with Crippen molar-refractivity contribution in [1.29, 1.82) is 0 Å². The molecule has 0 saturated heterocycles. The second kappa shape index (κ2) is 31.0. The van der Waals surface area contributed by atoms with Gasteiger partial charge in [0.2, 0.25) is 0 Å². The fourth-order valence-corrected chi connectivity index (χ4v) is 6.59. The average molecular weight is 789 g/mol. The zero-order chi connectivity index (χ0) is 41.3. The number of aliphatic carboxylic acids is 1. The number of benzene rings is 4. The molecule has 4 aromatic carbocycles. The average Bonchev–Trinajstić information content (AvgIpc) is 3.26. The van der Waals surface area contributed by atoms with Crippen molar-refractivity contribution in [2.45, 2.75) is 122 Å². The summed E-state index contributed by atoms with van der Waals surface area (Å²) in [6.07, 6.45) is 23.1. The number of hydrogen-bond acceptors (Lipinski definition) is 5. The molecule has 0 spiro atoms. The Morgan fingerprint density at radius 3 is 1.14 bits per heavy atom. The van der Waals surface area contributed by atoms with Crippen LogP contribution < -0.4 is 9.47 Å². The lowest BCUT2D eigenvalue weighted by molar-refractivity contribution is -0.138. The number of carbonyl (C=O) groups is 2. The fraction of sp³-hybridized carbons (Fsp3) is 0.423. The number of hydrogen-bond donors (Lipinski definition) is 1. The van der Waals surface area contributed by atoms with Gasteiger partial charge >= 0.3 is 11.9 Å². The van der Waals surface area contributed by atoms with Gasteiger partial charge in [-0.15, -0.1) is 0 Å². The van der Waals surface area contributed by atoms with Gasteiger partial charge in [0.15, 0.2) is 0 Å². The monoisotopic (exact) mass is 789 g/mol. The van der Waals surface area contributed by atoms with Crippen molar-refractivity contribution in [3.63, 3.8) is 0 Å². The molecule has 4 aromatic rings. The van der Waals surface area contributed by atoms with Gasteiger partial charge in [0.05, 0.1) is 19.8 Å². The minimum absolute atomic E-state index is 0.321. The summed E-state index contributed by atoms with van der Waals surface area (Å²) < 4.78 is 16.7. The van der Waals surface area contributed by atoms with Gasteiger partial charge in [0, 0.05) is 11.6 Å². The summed E-state index contributed by atoms with van der Waals surface area (Å²) in [6, 6.07) is 37.5. The topological polar surface area (TPSA) is 82.1 Å². The van der Waals surface area contributed by atoms with Crippen LogP contribution in [0.4, 0.5) is 0 Å². The third kappa shape index (κ3) is 22.0. The first-order valence-corrected chi connectivity index (χ1v) is 21.7. The van der Waals surface area contributed by atoms with Crippen LogP contribution in [0.15, 0.2) is 134 Å². The second-order valence-electron chi connectivity index (χ2n) is 14.9. The molecular formula is C52H68O6. The van der Waals surface area contributed by atoms with Gasteiger partial charge < -0.3 is 19.3 Å². The molecule has 0 saturated carbocycles. The first-order chi connectivity index (χ1) is 28.5. The molecule has 58 heavy (non-hydrogen) atoms. The quantitative estimate of drug-likeness (QED) is 0.0322. The maximum atomic E-state index is 10.9. The summed E-state index contributed by atoms with van der Waals surface area (Å²) in [5, 5.41) is 8.75. The number of rotatable bonds is 30. The van der Waals surface area contributed by atoms with Crippen LogP contribution in [-0.2, 0) is 14.3 Å². The Kier molecular flexibility index (Phi) is 25.2. The van der Waals surface area contributed by atoms with Crippen molar-refractivity contribution in [2.75, 3.05) is 19.8 Å². The van der Waals surface area contributed by atoms with Crippen molar-refractivity contribution in [3.05, 3.63) is 134 Å². The highest BCUT2D eigenvalue weighted by molar-refractivity contribution is 5.85. The number of ether oxygens (including phenoxy) is 3. The zero-order valence-electron chi connectivity index (χ0n) is 34.9. The highest BCUT2D eigenvalue weighted by Crippen LogP contribution is 2.24. The zero-order valence-corrected chi connectivity index (χ0v) is 34.9. The van der Waals surface area contributed by atoms with E-state index in [1.165, 1.54) is 105 Å². The van der Waals surface area contributed by atoms with Gasteiger partial charge in [-0.05, 0) is 78.6 Å². The molecule has 0 aliphatic carbocycles. The highest BCUT2D eigenvalue weighted by Gasteiger charge is 2.04. The van der Waals surface area contributed by atoms with E-state index in [1.54, 1.807) is 0 Å². The lowest BCUT2D eigenvalue weighted by atomic mass is 10.0. The Hall–Kier alpha value is -5.10. The molecule has 0 aliphatic rings. The number of unbranched alkanes of at least 4 members (excludes halogenated alkanes) is 16. The normalized spacial score (nSPS) is 10.6. The predicted octanol–water partition coefficient (Wildman–Crippen LogP) is 14.2. The second-order valence-corrected chi connectivity index (χ2v) is 14.9. The van der Waals surface area contributed by atoms with Gasteiger partial charge in [-0.25, -0.2) is 9.59 Å². The van der Waals surface area contributed by atoms with E-state index in [1.807, 2.05) is 24.3 Å². The highest BCUT2D eigenvalue weighted by atomic mass is 16.5. The van der Waals surface area contributed by atoms with E-state index in [0.29, 0.717) is 18.6 Å². The summed E-state index contributed by atoms with van der Waals surface area (Å²) in [4.78, 5) is 21.5. The van der Waals surface area contributed by atoms with E-state index in [-0.39, 0.29) is 5.97 Å². The Morgan fingerprint density at radius 2 is 0.776 bits per heavy atom. The summed E-state index contributed by atoms with van der Waals surface area (Å²) >= 11 is 0. The van der Waals surface area contributed by atoms with Crippen LogP contribution in [-0.4, -0.2) is 36.9 Å². The first kappa shape index (κ1) is 47.3. The molecule has 1 N–H and O–H groups in total. The van der Waals surface area contributed by atoms with Crippen LogP contribution in [0, 0.1) is 0 Å². The lowest BCUT2D eigenvalue weighted by Gasteiger charge is -2.08. The van der Waals surface area contributed by atoms with Crippen LogP contribution in [0.5, 0.6) is 11.5 Å². The summed E-state index contributed by atoms with van der Waals surface area (Å²) in [7, 11) is 0. The molecule has 0 amide bonds. The SMILES string of the molecule is C=C(CCCCCCCCCCCOc1ccc(-c2ccccc2)cc1)C(=O)O.C=CC(=O)OCCCCCCCCCCCOc1ccc(-c2ccccc2)cc1. The Balaban J connectivity index is 0.000000310. The molecule has 6 nitrogen and oxygen atoms in total. The van der Waals surface area contributed by atoms with Gasteiger partial charge in [0.25, 0.3) is 0 Å². The molecule has 0 atom stereocenters. The molecular weight excluding hydrogens is 721 g/mol. The van der Waals surface area contributed by atoms with Gasteiger partial charge in [-0.2, -0.15) is 0 Å². The maximum Gasteiger partial charge on any atom is 0.330 e. The third-order valence-corrected chi connectivity index (χ3v) is 10.1. The minimum Gasteiger partial charge on any atom is -0.494 e. The van der Waals surface area contributed by atoms with Crippen LogP contribution in [0.2, 0.25) is 0 Å². The lowest BCUT2D eigenvalue weighted by Crippen LogP contribution is -2.01. The summed E-state index contributed by atoms with van der Waals surface area (Å²) in [5.74, 6) is 0.704. The Morgan fingerprint density at radius 1 is 0.448 bits per heavy atom. The number of carboxylic acids is 1. The molecule has 6 heteroatoms. The predicted molar refractivity (Wildman–Crippen MR) is 240 cm³/mol. The Labute approximate surface area is 349 Å². The molecule has 0 bridgehead atoms. The van der Waals surface area contributed by atoms with Gasteiger partial charge in [-0.3, -0.25) is 0 Å². The standard InChI is InChI=1S/2C26H34O3/c1-22(26(27)28)14-10-7-5-3-2-4-6-8-13-21-29-25-19-17-24(18-20-25)23-15-11-9-12-16-23;1-2-26(27)29-22-14-9-7-5-3-4-6-8-13-21-28-25-19-17-24(18-20-25)23-15-11-10-12-16-23/h9,11-12,15-20H,1-8,10,13-14,21H2,(H,27,28);2,10-12,15-20H,1,3-9,13-14,21-22H2. The number of esters is 1. The van der Waals surface area contributed by atoms with E-state index in [4.69, 9.17) is 19.3 Å². The van der Waals surface area contributed by atoms with Crippen molar-refractivity contribution < 1.29 is 28.9 Å².